The van der Waals surface area contributed by atoms with Gasteiger partial charge >= 0.3 is 0 Å². The van der Waals surface area contributed by atoms with Crippen LogP contribution in [0.15, 0.2) is 0 Å². The lowest BCUT2D eigenvalue weighted by Crippen LogP contribution is -2.16. The van der Waals surface area contributed by atoms with Crippen LogP contribution in [0.5, 0.6) is 0 Å². The average Bonchev–Trinajstić information content (AvgIpc) is 2.10. The highest BCUT2D eigenvalue weighted by Gasteiger charge is 2.03. The summed E-state index contributed by atoms with van der Waals surface area (Å²) in [5.74, 6) is 0.855. The molecule has 0 heterocycles. The van der Waals surface area contributed by atoms with Crippen molar-refractivity contribution >= 4 is 0 Å². The van der Waals surface area contributed by atoms with E-state index in [2.05, 4.69) is 19.2 Å². The van der Waals surface area contributed by atoms with Crippen LogP contribution in [0.25, 0.3) is 0 Å². The molecule has 0 saturated heterocycles. The van der Waals surface area contributed by atoms with Crippen LogP contribution in [-0.4, -0.2) is 19.6 Å². The number of hydrogen-bond donors (Lipinski definition) is 2. The summed E-state index contributed by atoms with van der Waals surface area (Å²) in [4.78, 5) is 0. The van der Waals surface area contributed by atoms with Crippen LogP contribution in [0.1, 0.15) is 39.5 Å². The molecule has 0 bridgehead atoms. The number of nitrogens with two attached hydrogens (primary N) is 1. The molecule has 0 aliphatic carbocycles. The fraction of sp³-hybridized carbons (Fsp3) is 1.00. The molecule has 74 valence electrons. The van der Waals surface area contributed by atoms with Crippen LogP contribution in [0, 0.1) is 5.92 Å². The molecule has 0 rings (SSSR count). The van der Waals surface area contributed by atoms with E-state index in [0.717, 1.165) is 25.6 Å². The summed E-state index contributed by atoms with van der Waals surface area (Å²) in [5, 5.41) is 3.34. The summed E-state index contributed by atoms with van der Waals surface area (Å²) in [6.07, 6.45) is 5.11. The molecule has 0 amide bonds. The number of hydrogen-bond acceptors (Lipinski definition) is 2. The van der Waals surface area contributed by atoms with Crippen molar-refractivity contribution in [1.82, 2.24) is 5.32 Å². The molecule has 3 N–H and O–H groups in total. The van der Waals surface area contributed by atoms with Crippen LogP contribution in [-0.2, 0) is 0 Å². The molecule has 0 aliphatic rings. The minimum absolute atomic E-state index is 0.847. The molecule has 2 nitrogen and oxygen atoms in total. The molecule has 0 aromatic carbocycles. The second-order valence-electron chi connectivity index (χ2n) is 3.35. The first-order valence-corrected chi connectivity index (χ1v) is 5.25. The lowest BCUT2D eigenvalue weighted by Gasteiger charge is -2.12. The quantitative estimate of drug-likeness (QED) is 0.547. The monoisotopic (exact) mass is 172 g/mol. The largest absolute Gasteiger partial charge is 0.330 e. The van der Waals surface area contributed by atoms with Crippen LogP contribution in [0.3, 0.4) is 0 Å². The molecular formula is C10H24N2. The van der Waals surface area contributed by atoms with Crippen LogP contribution in [0.2, 0.25) is 0 Å². The molecule has 0 saturated carbocycles. The zero-order valence-corrected chi connectivity index (χ0v) is 8.60. The van der Waals surface area contributed by atoms with Gasteiger partial charge in [0.1, 0.15) is 0 Å². The highest BCUT2D eigenvalue weighted by molar-refractivity contribution is 4.58. The maximum absolute atomic E-state index is 5.52. The van der Waals surface area contributed by atoms with Gasteiger partial charge < -0.3 is 11.1 Å². The lowest BCUT2D eigenvalue weighted by atomic mass is 9.97. The first-order valence-electron chi connectivity index (χ1n) is 5.25. The smallest absolute Gasteiger partial charge is 0.00489 e. The third kappa shape index (κ3) is 6.62. The maximum atomic E-state index is 5.52. The summed E-state index contributed by atoms with van der Waals surface area (Å²) in [6.45, 7) is 7.51. The summed E-state index contributed by atoms with van der Waals surface area (Å²) in [5.41, 5.74) is 5.52. The minimum Gasteiger partial charge on any atom is -0.330 e. The van der Waals surface area contributed by atoms with Crippen LogP contribution < -0.4 is 11.1 Å². The Morgan fingerprint density at radius 3 is 2.50 bits per heavy atom. The van der Waals surface area contributed by atoms with Crippen molar-refractivity contribution in [2.24, 2.45) is 11.7 Å². The fourth-order valence-corrected chi connectivity index (χ4v) is 1.48. The zero-order valence-electron chi connectivity index (χ0n) is 8.60. The van der Waals surface area contributed by atoms with Gasteiger partial charge in [0.05, 0.1) is 0 Å². The van der Waals surface area contributed by atoms with E-state index in [-0.39, 0.29) is 0 Å². The van der Waals surface area contributed by atoms with E-state index in [1.165, 1.54) is 25.7 Å². The van der Waals surface area contributed by atoms with Gasteiger partial charge in [0.2, 0.25) is 0 Å². The van der Waals surface area contributed by atoms with E-state index in [1.807, 2.05) is 0 Å². The van der Waals surface area contributed by atoms with Gasteiger partial charge in [-0.15, -0.1) is 0 Å². The first kappa shape index (κ1) is 11.9. The SMILES string of the molecule is CCNCCCC(CC)CCN. The molecule has 0 radical (unpaired) electrons. The van der Waals surface area contributed by atoms with E-state index in [1.54, 1.807) is 0 Å². The Balaban J connectivity index is 3.19. The van der Waals surface area contributed by atoms with E-state index < -0.39 is 0 Å². The van der Waals surface area contributed by atoms with Gasteiger partial charge in [-0.3, -0.25) is 0 Å². The Hall–Kier alpha value is -0.0800. The molecule has 2 heteroatoms. The third-order valence-electron chi connectivity index (χ3n) is 2.37. The van der Waals surface area contributed by atoms with Crippen molar-refractivity contribution in [1.29, 1.82) is 0 Å². The zero-order chi connectivity index (χ0) is 9.23. The second kappa shape index (κ2) is 9.01. The molecular weight excluding hydrogens is 148 g/mol. The Labute approximate surface area is 76.9 Å². The third-order valence-corrected chi connectivity index (χ3v) is 2.37. The van der Waals surface area contributed by atoms with Crippen molar-refractivity contribution in [3.05, 3.63) is 0 Å². The highest BCUT2D eigenvalue weighted by atomic mass is 14.8. The normalized spacial score (nSPS) is 13.2. The minimum atomic E-state index is 0.847. The molecule has 0 aromatic heterocycles. The van der Waals surface area contributed by atoms with Crippen molar-refractivity contribution in [2.45, 2.75) is 39.5 Å². The molecule has 0 aromatic rings. The lowest BCUT2D eigenvalue weighted by molar-refractivity contribution is 0.424. The topological polar surface area (TPSA) is 38.0 Å². The van der Waals surface area contributed by atoms with Gasteiger partial charge in [-0.25, -0.2) is 0 Å². The molecule has 1 unspecified atom stereocenters. The maximum Gasteiger partial charge on any atom is -0.00489 e. The summed E-state index contributed by atoms with van der Waals surface area (Å²) in [7, 11) is 0. The van der Waals surface area contributed by atoms with E-state index in [9.17, 15) is 0 Å². The number of rotatable bonds is 8. The highest BCUT2D eigenvalue weighted by Crippen LogP contribution is 2.13. The van der Waals surface area contributed by atoms with Gasteiger partial charge in [0.25, 0.3) is 0 Å². The average molecular weight is 172 g/mol. The predicted molar refractivity (Wildman–Crippen MR) is 55.2 cm³/mol. The summed E-state index contributed by atoms with van der Waals surface area (Å²) < 4.78 is 0. The Bertz CT molecular complexity index is 83.9. The van der Waals surface area contributed by atoms with E-state index in [4.69, 9.17) is 5.73 Å². The fourth-order valence-electron chi connectivity index (χ4n) is 1.48. The predicted octanol–water partition coefficient (Wildman–Crippen LogP) is 1.75. The Morgan fingerprint density at radius 1 is 1.25 bits per heavy atom. The van der Waals surface area contributed by atoms with Gasteiger partial charge in [-0.05, 0) is 44.8 Å². The first-order chi connectivity index (χ1) is 5.85. The van der Waals surface area contributed by atoms with Crippen molar-refractivity contribution < 1.29 is 0 Å². The second-order valence-corrected chi connectivity index (χ2v) is 3.35. The van der Waals surface area contributed by atoms with Gasteiger partial charge in [0, 0.05) is 0 Å². The van der Waals surface area contributed by atoms with E-state index >= 15 is 0 Å². The number of nitrogens with one attached hydrogen (secondary N) is 1. The van der Waals surface area contributed by atoms with Gasteiger partial charge in [-0.1, -0.05) is 20.3 Å². The Kier molecular flexibility index (Phi) is 8.95. The van der Waals surface area contributed by atoms with E-state index in [0.29, 0.717) is 0 Å². The molecule has 1 atom stereocenters. The molecule has 0 spiro atoms. The summed E-state index contributed by atoms with van der Waals surface area (Å²) in [6, 6.07) is 0. The van der Waals surface area contributed by atoms with Gasteiger partial charge in [-0.2, -0.15) is 0 Å². The summed E-state index contributed by atoms with van der Waals surface area (Å²) >= 11 is 0. The molecule has 0 aliphatic heterocycles. The standard InChI is InChI=1S/C10H24N2/c1-3-10(7-8-11)6-5-9-12-4-2/h10,12H,3-9,11H2,1-2H3. The molecule has 12 heavy (non-hydrogen) atoms. The van der Waals surface area contributed by atoms with Gasteiger partial charge in [0.15, 0.2) is 0 Å². The van der Waals surface area contributed by atoms with Crippen LogP contribution >= 0.6 is 0 Å². The van der Waals surface area contributed by atoms with Crippen LogP contribution in [0.4, 0.5) is 0 Å². The van der Waals surface area contributed by atoms with Crippen molar-refractivity contribution in [3.63, 3.8) is 0 Å². The Morgan fingerprint density at radius 2 is 2.00 bits per heavy atom. The van der Waals surface area contributed by atoms with Crippen molar-refractivity contribution in [3.8, 4) is 0 Å². The molecule has 0 fully saturated rings. The van der Waals surface area contributed by atoms with Crippen molar-refractivity contribution in [2.75, 3.05) is 19.6 Å².